The van der Waals surface area contributed by atoms with Gasteiger partial charge in [-0.05, 0) is 36.8 Å². The van der Waals surface area contributed by atoms with E-state index in [-0.39, 0.29) is 0 Å². The van der Waals surface area contributed by atoms with Crippen molar-refractivity contribution in [1.29, 1.82) is 0 Å². The molecule has 2 aromatic rings. The van der Waals surface area contributed by atoms with Gasteiger partial charge in [-0.25, -0.2) is 0 Å². The minimum absolute atomic E-state index is 0.766. The fraction of sp³-hybridized carbons (Fsp3) is 0.308. The molecule has 0 fully saturated rings. The number of aryl methyl sites for hydroxylation is 2. The first kappa shape index (κ1) is 11.5. The number of rotatable bonds is 4. The molecule has 0 unspecified atom stereocenters. The van der Waals surface area contributed by atoms with Crippen LogP contribution in [-0.2, 0) is 13.6 Å². The zero-order chi connectivity index (χ0) is 12.3. The minimum Gasteiger partial charge on any atom is -0.496 e. The van der Waals surface area contributed by atoms with Gasteiger partial charge in [0.15, 0.2) is 0 Å². The van der Waals surface area contributed by atoms with Crippen LogP contribution in [0.25, 0.3) is 0 Å². The van der Waals surface area contributed by atoms with E-state index in [0.717, 1.165) is 29.2 Å². The molecular formula is C13H17N3O. The Labute approximate surface area is 101 Å². The maximum atomic E-state index is 5.23. The highest BCUT2D eigenvalue weighted by atomic mass is 16.5. The molecule has 4 nitrogen and oxygen atoms in total. The Bertz CT molecular complexity index is 505. The van der Waals surface area contributed by atoms with E-state index in [1.165, 1.54) is 0 Å². The Kier molecular flexibility index (Phi) is 3.32. The number of nitrogens with one attached hydrogen (secondary N) is 1. The van der Waals surface area contributed by atoms with Gasteiger partial charge in [-0.1, -0.05) is 0 Å². The lowest BCUT2D eigenvalue weighted by Crippen LogP contribution is -2.05. The number of benzene rings is 1. The Morgan fingerprint density at radius 1 is 1.35 bits per heavy atom. The predicted molar refractivity (Wildman–Crippen MR) is 68.3 cm³/mol. The summed E-state index contributed by atoms with van der Waals surface area (Å²) in [6.07, 6.45) is 1.80. The van der Waals surface area contributed by atoms with Crippen molar-refractivity contribution in [2.24, 2.45) is 7.05 Å². The molecule has 0 radical (unpaired) electrons. The van der Waals surface area contributed by atoms with Crippen molar-refractivity contribution in [2.45, 2.75) is 13.5 Å². The summed E-state index contributed by atoms with van der Waals surface area (Å²) in [5, 5.41) is 7.49. The van der Waals surface area contributed by atoms with Gasteiger partial charge < -0.3 is 10.1 Å². The number of hydrogen-bond acceptors (Lipinski definition) is 3. The highest BCUT2D eigenvalue weighted by Crippen LogP contribution is 2.21. The number of hydrogen-bond donors (Lipinski definition) is 1. The first-order valence-electron chi connectivity index (χ1n) is 5.56. The monoisotopic (exact) mass is 231 g/mol. The zero-order valence-electron chi connectivity index (χ0n) is 10.4. The standard InChI is InChI=1S/C13H17N3O/c1-10-8-11(4-5-13(10)17-3)14-9-12-6-7-15-16(12)2/h4-8,14H,9H2,1-3H3. The Hall–Kier alpha value is -1.97. The molecule has 0 atom stereocenters. The van der Waals surface area contributed by atoms with E-state index in [1.807, 2.05) is 36.9 Å². The molecule has 0 amide bonds. The van der Waals surface area contributed by atoms with Crippen molar-refractivity contribution in [3.05, 3.63) is 41.7 Å². The lowest BCUT2D eigenvalue weighted by atomic mass is 10.2. The number of methoxy groups -OCH3 is 1. The minimum atomic E-state index is 0.766. The molecule has 0 saturated heterocycles. The fourth-order valence-corrected chi connectivity index (χ4v) is 1.76. The largest absolute Gasteiger partial charge is 0.496 e. The average Bonchev–Trinajstić information content (AvgIpc) is 2.72. The SMILES string of the molecule is COc1ccc(NCc2ccnn2C)cc1C. The molecule has 2 rings (SSSR count). The van der Waals surface area contributed by atoms with Crippen molar-refractivity contribution >= 4 is 5.69 Å². The summed E-state index contributed by atoms with van der Waals surface area (Å²) in [6, 6.07) is 8.07. The highest BCUT2D eigenvalue weighted by molar-refractivity contribution is 5.50. The van der Waals surface area contributed by atoms with Crippen molar-refractivity contribution in [3.8, 4) is 5.75 Å². The summed E-state index contributed by atoms with van der Waals surface area (Å²) in [5.74, 6) is 0.913. The number of ether oxygens (including phenoxy) is 1. The van der Waals surface area contributed by atoms with Gasteiger partial charge >= 0.3 is 0 Å². The molecule has 90 valence electrons. The van der Waals surface area contributed by atoms with Gasteiger partial charge in [0.25, 0.3) is 0 Å². The maximum absolute atomic E-state index is 5.23. The summed E-state index contributed by atoms with van der Waals surface area (Å²) in [6.45, 7) is 2.80. The van der Waals surface area contributed by atoms with E-state index in [9.17, 15) is 0 Å². The topological polar surface area (TPSA) is 39.1 Å². The van der Waals surface area contributed by atoms with Crippen LogP contribution in [0, 0.1) is 6.92 Å². The van der Waals surface area contributed by atoms with E-state index in [2.05, 4.69) is 16.5 Å². The molecule has 1 aromatic carbocycles. The fourth-order valence-electron chi connectivity index (χ4n) is 1.76. The third-order valence-corrected chi connectivity index (χ3v) is 2.79. The Morgan fingerprint density at radius 3 is 2.76 bits per heavy atom. The van der Waals surface area contributed by atoms with Gasteiger partial charge in [-0.3, -0.25) is 4.68 Å². The number of aromatic nitrogens is 2. The third kappa shape index (κ3) is 2.58. The summed E-state index contributed by atoms with van der Waals surface area (Å²) in [7, 11) is 3.63. The molecule has 0 spiro atoms. The van der Waals surface area contributed by atoms with Crippen molar-refractivity contribution in [2.75, 3.05) is 12.4 Å². The van der Waals surface area contributed by atoms with Gasteiger partial charge in [0.1, 0.15) is 5.75 Å². The molecule has 17 heavy (non-hydrogen) atoms. The first-order valence-corrected chi connectivity index (χ1v) is 5.56. The second kappa shape index (κ2) is 4.91. The van der Waals surface area contributed by atoms with Gasteiger partial charge in [0, 0.05) is 18.9 Å². The van der Waals surface area contributed by atoms with Gasteiger partial charge in [0.2, 0.25) is 0 Å². The summed E-state index contributed by atoms with van der Waals surface area (Å²) < 4.78 is 7.09. The first-order chi connectivity index (χ1) is 8.20. The normalized spacial score (nSPS) is 10.3. The van der Waals surface area contributed by atoms with Crippen LogP contribution in [0.4, 0.5) is 5.69 Å². The van der Waals surface area contributed by atoms with Crippen LogP contribution < -0.4 is 10.1 Å². The van der Waals surface area contributed by atoms with Gasteiger partial charge in [-0.2, -0.15) is 5.10 Å². The average molecular weight is 231 g/mol. The summed E-state index contributed by atoms with van der Waals surface area (Å²) >= 11 is 0. The van der Waals surface area contributed by atoms with Crippen molar-refractivity contribution in [3.63, 3.8) is 0 Å². The number of nitrogens with zero attached hydrogens (tertiary/aromatic N) is 2. The number of anilines is 1. The molecule has 1 aromatic heterocycles. The zero-order valence-corrected chi connectivity index (χ0v) is 10.4. The highest BCUT2D eigenvalue weighted by Gasteiger charge is 2.01. The Balaban J connectivity index is 2.05. The summed E-state index contributed by atoms with van der Waals surface area (Å²) in [5.41, 5.74) is 3.37. The lowest BCUT2D eigenvalue weighted by Gasteiger charge is -2.10. The smallest absolute Gasteiger partial charge is 0.121 e. The van der Waals surface area contributed by atoms with Crippen LogP contribution in [0.5, 0.6) is 5.75 Å². The molecule has 1 heterocycles. The molecule has 0 aliphatic heterocycles. The molecule has 0 aliphatic rings. The second-order valence-electron chi connectivity index (χ2n) is 3.98. The van der Waals surface area contributed by atoms with Crippen LogP contribution in [0.2, 0.25) is 0 Å². The quantitative estimate of drug-likeness (QED) is 0.878. The van der Waals surface area contributed by atoms with E-state index in [1.54, 1.807) is 13.3 Å². The van der Waals surface area contributed by atoms with Crippen LogP contribution >= 0.6 is 0 Å². The van der Waals surface area contributed by atoms with Gasteiger partial charge in [0.05, 0.1) is 19.3 Å². The van der Waals surface area contributed by atoms with Crippen LogP contribution in [-0.4, -0.2) is 16.9 Å². The summed E-state index contributed by atoms with van der Waals surface area (Å²) in [4.78, 5) is 0. The van der Waals surface area contributed by atoms with Crippen molar-refractivity contribution in [1.82, 2.24) is 9.78 Å². The molecule has 0 aliphatic carbocycles. The van der Waals surface area contributed by atoms with Crippen LogP contribution in [0.3, 0.4) is 0 Å². The van der Waals surface area contributed by atoms with Crippen LogP contribution in [0.1, 0.15) is 11.3 Å². The molecule has 4 heteroatoms. The predicted octanol–water partition coefficient (Wildman–Crippen LogP) is 2.35. The van der Waals surface area contributed by atoms with Gasteiger partial charge in [-0.15, -0.1) is 0 Å². The van der Waals surface area contributed by atoms with E-state index in [4.69, 9.17) is 4.74 Å². The van der Waals surface area contributed by atoms with E-state index < -0.39 is 0 Å². The van der Waals surface area contributed by atoms with E-state index >= 15 is 0 Å². The second-order valence-corrected chi connectivity index (χ2v) is 3.98. The molecule has 1 N–H and O–H groups in total. The molecule has 0 saturated carbocycles. The lowest BCUT2D eigenvalue weighted by molar-refractivity contribution is 0.412. The molecular weight excluding hydrogens is 214 g/mol. The Morgan fingerprint density at radius 2 is 2.18 bits per heavy atom. The maximum Gasteiger partial charge on any atom is 0.121 e. The third-order valence-electron chi connectivity index (χ3n) is 2.79. The van der Waals surface area contributed by atoms with Crippen molar-refractivity contribution < 1.29 is 4.74 Å². The van der Waals surface area contributed by atoms with E-state index in [0.29, 0.717) is 0 Å². The molecule has 0 bridgehead atoms. The van der Waals surface area contributed by atoms with Crippen LogP contribution in [0.15, 0.2) is 30.5 Å².